The Kier molecular flexibility index (Phi) is 4.93. The van der Waals surface area contributed by atoms with Gasteiger partial charge in [0.15, 0.2) is 5.13 Å². The van der Waals surface area contributed by atoms with Crippen LogP contribution in [0.1, 0.15) is 23.8 Å². The van der Waals surface area contributed by atoms with Crippen LogP contribution in [-0.4, -0.2) is 33.3 Å². The first-order valence-corrected chi connectivity index (χ1v) is 7.33. The molecule has 0 spiro atoms. The van der Waals surface area contributed by atoms with Crippen molar-refractivity contribution in [3.05, 3.63) is 29.0 Å². The molecule has 0 aromatic carbocycles. The lowest BCUT2D eigenvalue weighted by Crippen LogP contribution is -2.16. The molecule has 0 radical (unpaired) electrons. The number of hydrogen-bond acceptors (Lipinski definition) is 5. The van der Waals surface area contributed by atoms with Crippen LogP contribution in [0.25, 0.3) is 0 Å². The maximum Gasteiger partial charge on any atom is 0.182 e. The molecule has 0 aliphatic carbocycles. The van der Waals surface area contributed by atoms with E-state index in [1.807, 2.05) is 24.1 Å². The Hall–Kier alpha value is -1.40. The van der Waals surface area contributed by atoms with Gasteiger partial charge >= 0.3 is 0 Å². The second-order valence-electron chi connectivity index (χ2n) is 4.75. The van der Waals surface area contributed by atoms with Crippen LogP contribution < -0.4 is 5.32 Å². The minimum atomic E-state index is 0.906. The van der Waals surface area contributed by atoms with E-state index in [-0.39, 0.29) is 0 Å². The first kappa shape index (κ1) is 14.0. The first-order valence-electron chi connectivity index (χ1n) is 6.52. The third kappa shape index (κ3) is 4.33. The number of aromatic nitrogens is 3. The topological polar surface area (TPSA) is 46.0 Å². The Bertz CT molecular complexity index is 505. The highest BCUT2D eigenvalue weighted by Crippen LogP contribution is 2.19. The molecular weight excluding hydrogens is 258 g/mol. The van der Waals surface area contributed by atoms with Gasteiger partial charge in [-0.05, 0) is 13.5 Å². The van der Waals surface area contributed by atoms with E-state index < -0.39 is 0 Å². The maximum atomic E-state index is 4.38. The van der Waals surface area contributed by atoms with E-state index in [4.69, 9.17) is 0 Å². The summed E-state index contributed by atoms with van der Waals surface area (Å²) in [6, 6.07) is 0. The molecule has 0 aliphatic heterocycles. The molecule has 2 heterocycles. The highest BCUT2D eigenvalue weighted by molar-refractivity contribution is 7.15. The molecule has 2 aromatic heterocycles. The second kappa shape index (κ2) is 6.68. The zero-order valence-corrected chi connectivity index (χ0v) is 12.6. The lowest BCUT2D eigenvalue weighted by atomic mass is 10.3. The molecule has 0 atom stereocenters. The molecule has 0 amide bonds. The Morgan fingerprint density at radius 2 is 2.21 bits per heavy atom. The average Bonchev–Trinajstić information content (AvgIpc) is 2.96. The zero-order valence-electron chi connectivity index (χ0n) is 11.8. The average molecular weight is 279 g/mol. The fraction of sp³-hybridized carbons (Fsp3) is 0.538. The number of anilines is 1. The SMILES string of the molecule is CCCNc1ncc(CN(C)Cc2cnn(C)c2)s1. The summed E-state index contributed by atoms with van der Waals surface area (Å²) in [5, 5.41) is 8.52. The van der Waals surface area contributed by atoms with E-state index in [0.29, 0.717) is 0 Å². The monoisotopic (exact) mass is 279 g/mol. The van der Waals surface area contributed by atoms with Gasteiger partial charge in [0.25, 0.3) is 0 Å². The minimum Gasteiger partial charge on any atom is -0.362 e. The van der Waals surface area contributed by atoms with Crippen molar-refractivity contribution < 1.29 is 0 Å². The summed E-state index contributed by atoms with van der Waals surface area (Å²) < 4.78 is 1.84. The van der Waals surface area contributed by atoms with Gasteiger partial charge in [-0.25, -0.2) is 4.98 Å². The summed E-state index contributed by atoms with van der Waals surface area (Å²) in [6.45, 7) is 4.96. The molecule has 104 valence electrons. The minimum absolute atomic E-state index is 0.906. The van der Waals surface area contributed by atoms with Gasteiger partial charge in [0.05, 0.1) is 6.20 Å². The number of rotatable bonds is 7. The van der Waals surface area contributed by atoms with E-state index >= 15 is 0 Å². The van der Waals surface area contributed by atoms with Crippen LogP contribution in [0.2, 0.25) is 0 Å². The summed E-state index contributed by atoms with van der Waals surface area (Å²) in [4.78, 5) is 7.94. The van der Waals surface area contributed by atoms with Crippen LogP contribution in [0.3, 0.4) is 0 Å². The van der Waals surface area contributed by atoms with Crippen molar-refractivity contribution in [2.45, 2.75) is 26.4 Å². The molecule has 2 rings (SSSR count). The Morgan fingerprint density at radius 3 is 2.89 bits per heavy atom. The quantitative estimate of drug-likeness (QED) is 0.845. The molecule has 1 N–H and O–H groups in total. The molecule has 19 heavy (non-hydrogen) atoms. The van der Waals surface area contributed by atoms with Crippen molar-refractivity contribution in [2.24, 2.45) is 7.05 Å². The maximum absolute atomic E-state index is 4.38. The van der Waals surface area contributed by atoms with Gasteiger partial charge < -0.3 is 5.32 Å². The normalized spacial score (nSPS) is 11.2. The van der Waals surface area contributed by atoms with Gasteiger partial charge in [-0.2, -0.15) is 5.10 Å². The van der Waals surface area contributed by atoms with Crippen molar-refractivity contribution in [1.29, 1.82) is 0 Å². The smallest absolute Gasteiger partial charge is 0.182 e. The van der Waals surface area contributed by atoms with Crippen LogP contribution in [0.15, 0.2) is 18.6 Å². The highest BCUT2D eigenvalue weighted by Gasteiger charge is 2.06. The molecule has 0 unspecified atom stereocenters. The third-order valence-electron chi connectivity index (χ3n) is 2.72. The number of nitrogens with zero attached hydrogens (tertiary/aromatic N) is 4. The highest BCUT2D eigenvalue weighted by atomic mass is 32.1. The molecular formula is C13H21N5S. The van der Waals surface area contributed by atoms with Crippen molar-refractivity contribution in [1.82, 2.24) is 19.7 Å². The number of nitrogens with one attached hydrogen (secondary N) is 1. The van der Waals surface area contributed by atoms with Gasteiger partial charge in [-0.1, -0.05) is 6.92 Å². The molecule has 0 saturated carbocycles. The number of hydrogen-bond donors (Lipinski definition) is 1. The van der Waals surface area contributed by atoms with E-state index in [2.05, 4.69) is 40.5 Å². The first-order chi connectivity index (χ1) is 9.17. The molecule has 2 aromatic rings. The van der Waals surface area contributed by atoms with Crippen molar-refractivity contribution in [3.8, 4) is 0 Å². The summed E-state index contributed by atoms with van der Waals surface area (Å²) in [5.74, 6) is 0. The van der Waals surface area contributed by atoms with Gasteiger partial charge in [0.2, 0.25) is 0 Å². The predicted molar refractivity (Wildman–Crippen MR) is 79.3 cm³/mol. The van der Waals surface area contributed by atoms with Gasteiger partial charge in [-0.3, -0.25) is 9.58 Å². The lowest BCUT2D eigenvalue weighted by molar-refractivity contribution is 0.321. The summed E-state index contributed by atoms with van der Waals surface area (Å²) in [5.41, 5.74) is 1.24. The summed E-state index contributed by atoms with van der Waals surface area (Å²) >= 11 is 1.73. The van der Waals surface area contributed by atoms with E-state index in [1.54, 1.807) is 11.3 Å². The van der Waals surface area contributed by atoms with Crippen LogP contribution in [-0.2, 0) is 20.1 Å². The van der Waals surface area contributed by atoms with Crippen LogP contribution in [0, 0.1) is 0 Å². The fourth-order valence-electron chi connectivity index (χ4n) is 1.88. The lowest BCUT2D eigenvalue weighted by Gasteiger charge is -2.13. The van der Waals surface area contributed by atoms with Gasteiger partial charge in [0.1, 0.15) is 0 Å². The van der Waals surface area contributed by atoms with E-state index in [0.717, 1.165) is 31.2 Å². The predicted octanol–water partition coefficient (Wildman–Crippen LogP) is 2.33. The molecule has 0 aliphatic rings. The van der Waals surface area contributed by atoms with Gasteiger partial charge in [-0.15, -0.1) is 11.3 Å². The van der Waals surface area contributed by atoms with Crippen molar-refractivity contribution in [3.63, 3.8) is 0 Å². The Morgan fingerprint density at radius 1 is 1.37 bits per heavy atom. The Balaban J connectivity index is 1.84. The number of thiazole rings is 1. The molecule has 0 bridgehead atoms. The van der Waals surface area contributed by atoms with Crippen LogP contribution in [0.5, 0.6) is 0 Å². The molecule has 0 saturated heterocycles. The second-order valence-corrected chi connectivity index (χ2v) is 5.87. The summed E-state index contributed by atoms with van der Waals surface area (Å²) in [7, 11) is 4.06. The largest absolute Gasteiger partial charge is 0.362 e. The van der Waals surface area contributed by atoms with E-state index in [1.165, 1.54) is 10.4 Å². The van der Waals surface area contributed by atoms with Gasteiger partial charge in [0, 0.05) is 49.5 Å². The van der Waals surface area contributed by atoms with Crippen molar-refractivity contribution >= 4 is 16.5 Å². The zero-order chi connectivity index (χ0) is 13.7. The number of aryl methyl sites for hydroxylation is 1. The Labute approximate surface area is 118 Å². The standard InChI is InChI=1S/C13H21N5S/c1-4-5-14-13-15-7-12(19-13)10-17(2)8-11-6-16-18(3)9-11/h6-7,9H,4-5,8,10H2,1-3H3,(H,14,15). The van der Waals surface area contributed by atoms with E-state index in [9.17, 15) is 0 Å². The molecule has 6 heteroatoms. The molecule has 5 nitrogen and oxygen atoms in total. The van der Waals surface area contributed by atoms with Crippen LogP contribution in [0.4, 0.5) is 5.13 Å². The van der Waals surface area contributed by atoms with Crippen LogP contribution >= 0.6 is 11.3 Å². The fourth-order valence-corrected chi connectivity index (χ4v) is 2.80. The molecule has 0 fully saturated rings. The van der Waals surface area contributed by atoms with Crippen molar-refractivity contribution in [2.75, 3.05) is 18.9 Å². The third-order valence-corrected chi connectivity index (χ3v) is 3.66. The summed E-state index contributed by atoms with van der Waals surface area (Å²) in [6.07, 6.45) is 7.05.